The number of carbonyl (C=O) groups excluding carboxylic acids is 1. The van der Waals surface area contributed by atoms with Crippen molar-refractivity contribution < 1.29 is 22.0 Å². The van der Waals surface area contributed by atoms with Gasteiger partial charge in [0.25, 0.3) is 10.0 Å². The number of sulfonamides is 1. The number of amides is 2. The number of fused-ring (bicyclic) bond motifs is 1. The molecular formula is C7H4F2N2O3S. The van der Waals surface area contributed by atoms with E-state index in [2.05, 4.69) is 0 Å². The van der Waals surface area contributed by atoms with Gasteiger partial charge < -0.3 is 5.32 Å². The summed E-state index contributed by atoms with van der Waals surface area (Å²) in [4.78, 5) is 10.2. The van der Waals surface area contributed by atoms with E-state index in [1.165, 1.54) is 0 Å². The van der Waals surface area contributed by atoms with Crippen molar-refractivity contribution in [1.29, 1.82) is 0 Å². The zero-order valence-corrected chi connectivity index (χ0v) is 7.86. The summed E-state index contributed by atoms with van der Waals surface area (Å²) in [5, 5.41) is 1.94. The maximum Gasteiger partial charge on any atom is 0.333 e. The van der Waals surface area contributed by atoms with Crippen molar-refractivity contribution >= 4 is 21.7 Å². The van der Waals surface area contributed by atoms with Crippen molar-refractivity contribution in [3.05, 3.63) is 23.8 Å². The molecule has 0 aromatic heterocycles. The van der Waals surface area contributed by atoms with E-state index in [4.69, 9.17) is 0 Å². The van der Waals surface area contributed by atoms with Gasteiger partial charge in [-0.3, -0.25) is 0 Å². The SMILES string of the molecule is O=C1Nc2c(F)cc(F)cc2S(=O)(=O)N1. The number of carbonyl (C=O) groups is 1. The zero-order valence-electron chi connectivity index (χ0n) is 7.04. The normalized spacial score (nSPS) is 17.6. The standard InChI is InChI=1S/C7H4F2N2O3S/c8-3-1-4(9)6-5(2-3)15(13,14)11-7(12)10-6/h1-2H,(H2,10,11,12). The lowest BCUT2D eigenvalue weighted by Gasteiger charge is -2.18. The van der Waals surface area contributed by atoms with Gasteiger partial charge in [0.1, 0.15) is 10.7 Å². The molecule has 0 bridgehead atoms. The Balaban J connectivity index is 2.78. The number of urea groups is 1. The van der Waals surface area contributed by atoms with Crippen LogP contribution in [0.5, 0.6) is 0 Å². The van der Waals surface area contributed by atoms with Crippen molar-refractivity contribution in [2.24, 2.45) is 0 Å². The first-order valence-corrected chi connectivity index (χ1v) is 5.21. The predicted molar refractivity (Wildman–Crippen MR) is 45.7 cm³/mol. The highest BCUT2D eigenvalue weighted by Crippen LogP contribution is 2.28. The summed E-state index contributed by atoms with van der Waals surface area (Å²) in [6.07, 6.45) is 0. The van der Waals surface area contributed by atoms with Crippen LogP contribution in [0.3, 0.4) is 0 Å². The molecule has 0 saturated carbocycles. The minimum Gasteiger partial charge on any atom is -0.303 e. The van der Waals surface area contributed by atoms with Gasteiger partial charge in [-0.05, 0) is 6.07 Å². The van der Waals surface area contributed by atoms with E-state index >= 15 is 0 Å². The lowest BCUT2D eigenvalue weighted by atomic mass is 10.3. The largest absolute Gasteiger partial charge is 0.333 e. The van der Waals surface area contributed by atoms with Gasteiger partial charge in [-0.2, -0.15) is 0 Å². The first-order valence-electron chi connectivity index (χ1n) is 3.73. The highest BCUT2D eigenvalue weighted by atomic mass is 32.2. The Morgan fingerprint density at radius 2 is 1.87 bits per heavy atom. The number of nitrogens with one attached hydrogen (secondary N) is 2. The van der Waals surface area contributed by atoms with Gasteiger partial charge in [0.2, 0.25) is 0 Å². The van der Waals surface area contributed by atoms with Crippen molar-refractivity contribution in [2.75, 3.05) is 5.32 Å². The lowest BCUT2D eigenvalue weighted by molar-refractivity contribution is 0.256. The Bertz CT molecular complexity index is 556. The van der Waals surface area contributed by atoms with Crippen LogP contribution in [0.4, 0.5) is 19.3 Å². The smallest absolute Gasteiger partial charge is 0.303 e. The molecule has 2 amide bonds. The van der Waals surface area contributed by atoms with Crippen LogP contribution in [-0.2, 0) is 10.0 Å². The van der Waals surface area contributed by atoms with Gasteiger partial charge in [-0.25, -0.2) is 26.7 Å². The summed E-state index contributed by atoms with van der Waals surface area (Å²) < 4.78 is 50.0. The maximum atomic E-state index is 13.1. The number of anilines is 1. The summed E-state index contributed by atoms with van der Waals surface area (Å²) in [5.41, 5.74) is -0.542. The van der Waals surface area contributed by atoms with E-state index in [1.807, 2.05) is 5.32 Å². The van der Waals surface area contributed by atoms with Gasteiger partial charge in [0.15, 0.2) is 5.82 Å². The number of benzene rings is 1. The van der Waals surface area contributed by atoms with Crippen LogP contribution in [0.1, 0.15) is 0 Å². The highest BCUT2D eigenvalue weighted by Gasteiger charge is 2.30. The molecule has 1 aromatic carbocycles. The van der Waals surface area contributed by atoms with Crippen LogP contribution in [0.2, 0.25) is 0 Å². The second kappa shape index (κ2) is 2.89. The average molecular weight is 234 g/mol. The Labute approximate surface area is 83.1 Å². The molecule has 0 unspecified atom stereocenters. The molecule has 1 heterocycles. The zero-order chi connectivity index (χ0) is 11.2. The summed E-state index contributed by atoms with van der Waals surface area (Å²) in [6, 6.07) is 0.0353. The van der Waals surface area contributed by atoms with E-state index in [9.17, 15) is 22.0 Å². The molecule has 5 nitrogen and oxygen atoms in total. The van der Waals surface area contributed by atoms with Crippen LogP contribution < -0.4 is 10.0 Å². The molecule has 8 heteroatoms. The van der Waals surface area contributed by atoms with E-state index in [0.29, 0.717) is 12.1 Å². The molecule has 0 atom stereocenters. The van der Waals surface area contributed by atoms with Crippen LogP contribution in [0.25, 0.3) is 0 Å². The monoisotopic (exact) mass is 234 g/mol. The Morgan fingerprint density at radius 3 is 2.53 bits per heavy atom. The number of halogens is 2. The van der Waals surface area contributed by atoms with Gasteiger partial charge in [0, 0.05) is 6.07 Å². The van der Waals surface area contributed by atoms with E-state index < -0.39 is 38.3 Å². The van der Waals surface area contributed by atoms with Crippen LogP contribution in [0, 0.1) is 11.6 Å². The number of hydrogen-bond acceptors (Lipinski definition) is 3. The van der Waals surface area contributed by atoms with Gasteiger partial charge in [0.05, 0.1) is 5.69 Å². The highest BCUT2D eigenvalue weighted by molar-refractivity contribution is 7.90. The predicted octanol–water partition coefficient (Wildman–Crippen LogP) is 0.789. The number of rotatable bonds is 0. The number of hydrogen-bond donors (Lipinski definition) is 2. The second-order valence-corrected chi connectivity index (χ2v) is 4.47. The Kier molecular flexibility index (Phi) is 1.90. The third-order valence-corrected chi connectivity index (χ3v) is 3.13. The molecule has 0 saturated heterocycles. The average Bonchev–Trinajstić information content (AvgIpc) is 2.06. The molecule has 0 radical (unpaired) electrons. The van der Waals surface area contributed by atoms with Gasteiger partial charge >= 0.3 is 6.03 Å². The minimum atomic E-state index is -4.18. The lowest BCUT2D eigenvalue weighted by Crippen LogP contribution is -2.39. The van der Waals surface area contributed by atoms with Crippen molar-refractivity contribution in [2.45, 2.75) is 4.90 Å². The van der Waals surface area contributed by atoms with E-state index in [1.54, 1.807) is 4.72 Å². The molecule has 1 aromatic rings. The van der Waals surface area contributed by atoms with Crippen molar-refractivity contribution in [3.8, 4) is 0 Å². The second-order valence-electron chi connectivity index (χ2n) is 2.82. The topological polar surface area (TPSA) is 75.3 Å². The van der Waals surface area contributed by atoms with Crippen molar-refractivity contribution in [3.63, 3.8) is 0 Å². The first-order chi connectivity index (χ1) is 6.90. The van der Waals surface area contributed by atoms with Crippen LogP contribution in [0.15, 0.2) is 17.0 Å². The van der Waals surface area contributed by atoms with Gasteiger partial charge in [-0.1, -0.05) is 0 Å². The molecule has 80 valence electrons. The first kappa shape index (κ1) is 9.84. The third-order valence-electron chi connectivity index (χ3n) is 1.77. The van der Waals surface area contributed by atoms with Gasteiger partial charge in [-0.15, -0.1) is 0 Å². The van der Waals surface area contributed by atoms with Crippen molar-refractivity contribution in [1.82, 2.24) is 4.72 Å². The molecule has 0 aliphatic carbocycles. The van der Waals surface area contributed by atoms with E-state index in [0.717, 1.165) is 0 Å². The quantitative estimate of drug-likeness (QED) is 0.696. The molecular weight excluding hydrogens is 230 g/mol. The molecule has 1 aliphatic heterocycles. The third kappa shape index (κ3) is 1.52. The molecule has 15 heavy (non-hydrogen) atoms. The van der Waals surface area contributed by atoms with Crippen LogP contribution in [-0.4, -0.2) is 14.4 Å². The molecule has 1 aliphatic rings. The molecule has 0 spiro atoms. The molecule has 2 N–H and O–H groups in total. The fourth-order valence-electron chi connectivity index (χ4n) is 1.20. The maximum absolute atomic E-state index is 13.1. The van der Waals surface area contributed by atoms with E-state index in [-0.39, 0.29) is 0 Å². The summed E-state index contributed by atoms with van der Waals surface area (Å²) in [6.45, 7) is 0. The molecule has 0 fully saturated rings. The fourth-order valence-corrected chi connectivity index (χ4v) is 2.29. The fraction of sp³-hybridized carbons (Fsp3) is 0. The Hall–Kier alpha value is -1.70. The van der Waals surface area contributed by atoms with Crippen LogP contribution >= 0.6 is 0 Å². The minimum absolute atomic E-state index is 0.486. The Morgan fingerprint density at radius 1 is 1.20 bits per heavy atom. The summed E-state index contributed by atoms with van der Waals surface area (Å²) in [7, 11) is -4.18. The summed E-state index contributed by atoms with van der Waals surface area (Å²) in [5.74, 6) is -2.17. The summed E-state index contributed by atoms with van der Waals surface area (Å²) >= 11 is 0. The molecule has 2 rings (SSSR count).